The van der Waals surface area contributed by atoms with E-state index in [1.807, 2.05) is 11.3 Å². The molecule has 1 aromatic rings. The molecule has 0 bridgehead atoms. The van der Waals surface area contributed by atoms with Crippen molar-refractivity contribution in [2.75, 3.05) is 19.6 Å². The number of nitrogens with zero attached hydrogens (tertiary/aromatic N) is 1. The van der Waals surface area contributed by atoms with Gasteiger partial charge in [0.05, 0.1) is 0 Å². The molecule has 0 spiro atoms. The van der Waals surface area contributed by atoms with Gasteiger partial charge in [0.25, 0.3) is 0 Å². The number of rotatable bonds is 5. The Labute approximate surface area is 108 Å². The summed E-state index contributed by atoms with van der Waals surface area (Å²) in [5.74, 6) is 0.886. The molecule has 3 rings (SSSR count). The molecule has 2 heterocycles. The predicted octanol–water partition coefficient (Wildman–Crippen LogP) is 2.63. The normalized spacial score (nSPS) is 25.6. The van der Waals surface area contributed by atoms with Gasteiger partial charge in [0.1, 0.15) is 0 Å². The van der Waals surface area contributed by atoms with E-state index in [1.54, 1.807) is 0 Å². The lowest BCUT2D eigenvalue weighted by atomic mass is 10.1. The lowest BCUT2D eigenvalue weighted by molar-refractivity contribution is 0.317. The lowest BCUT2D eigenvalue weighted by Crippen LogP contribution is -2.27. The number of hydrogen-bond donors (Lipinski definition) is 1. The molecule has 17 heavy (non-hydrogen) atoms. The topological polar surface area (TPSA) is 15.3 Å². The monoisotopic (exact) mass is 250 g/mol. The van der Waals surface area contributed by atoms with Gasteiger partial charge in [-0.3, -0.25) is 4.90 Å². The second-order valence-electron chi connectivity index (χ2n) is 5.58. The highest BCUT2D eigenvalue weighted by Crippen LogP contribution is 2.24. The highest BCUT2D eigenvalue weighted by atomic mass is 32.1. The van der Waals surface area contributed by atoms with E-state index in [1.165, 1.54) is 55.2 Å². The third-order valence-corrected chi connectivity index (χ3v) is 4.80. The summed E-state index contributed by atoms with van der Waals surface area (Å²) in [6.07, 6.45) is 4.19. The Bertz CT molecular complexity index is 370. The average molecular weight is 250 g/mol. The molecule has 1 N–H and O–H groups in total. The summed E-state index contributed by atoms with van der Waals surface area (Å²) < 4.78 is 0. The molecule has 1 atom stereocenters. The smallest absolute Gasteiger partial charge is 0.0328 e. The fourth-order valence-electron chi connectivity index (χ4n) is 2.63. The maximum Gasteiger partial charge on any atom is 0.0328 e. The van der Waals surface area contributed by atoms with Gasteiger partial charge in [-0.15, -0.1) is 11.3 Å². The first kappa shape index (κ1) is 11.7. The molecule has 1 aliphatic carbocycles. The zero-order chi connectivity index (χ0) is 11.7. The van der Waals surface area contributed by atoms with E-state index >= 15 is 0 Å². The van der Waals surface area contributed by atoms with E-state index in [0.29, 0.717) is 0 Å². The summed E-state index contributed by atoms with van der Waals surface area (Å²) in [6.45, 7) is 7.17. The number of nitrogens with one attached hydrogen (secondary N) is 1. The summed E-state index contributed by atoms with van der Waals surface area (Å²) in [5.41, 5.74) is 0. The molecule has 1 aliphatic heterocycles. The first-order valence-electron chi connectivity index (χ1n) is 6.80. The molecule has 2 nitrogen and oxygen atoms in total. The van der Waals surface area contributed by atoms with Gasteiger partial charge < -0.3 is 5.32 Å². The fraction of sp³-hybridized carbons (Fsp3) is 0.714. The van der Waals surface area contributed by atoms with Gasteiger partial charge in [-0.2, -0.15) is 0 Å². The number of hydrogen-bond acceptors (Lipinski definition) is 3. The van der Waals surface area contributed by atoms with Crippen molar-refractivity contribution in [3.05, 3.63) is 21.9 Å². The van der Waals surface area contributed by atoms with Crippen molar-refractivity contribution < 1.29 is 0 Å². The van der Waals surface area contributed by atoms with Crippen molar-refractivity contribution in [2.24, 2.45) is 5.92 Å². The third kappa shape index (κ3) is 3.30. The highest BCUT2D eigenvalue weighted by Gasteiger charge is 2.26. The summed E-state index contributed by atoms with van der Waals surface area (Å²) in [7, 11) is 0. The Hall–Kier alpha value is -0.380. The largest absolute Gasteiger partial charge is 0.314 e. The van der Waals surface area contributed by atoms with Crippen LogP contribution < -0.4 is 5.32 Å². The molecule has 1 saturated carbocycles. The fourth-order valence-corrected chi connectivity index (χ4v) is 3.57. The van der Waals surface area contributed by atoms with Crippen molar-refractivity contribution in [3.8, 4) is 0 Å². The average Bonchev–Trinajstić information content (AvgIpc) is 2.90. The molecule has 1 unspecified atom stereocenters. The Kier molecular flexibility index (Phi) is 3.50. The van der Waals surface area contributed by atoms with Crippen molar-refractivity contribution >= 4 is 11.3 Å². The van der Waals surface area contributed by atoms with Crippen LogP contribution >= 0.6 is 11.3 Å². The summed E-state index contributed by atoms with van der Waals surface area (Å²) in [5, 5.41) is 3.66. The van der Waals surface area contributed by atoms with Gasteiger partial charge in [0.15, 0.2) is 0 Å². The molecule has 2 aliphatic rings. The first-order chi connectivity index (χ1) is 8.29. The molecule has 0 amide bonds. The van der Waals surface area contributed by atoms with Crippen molar-refractivity contribution in [1.29, 1.82) is 0 Å². The van der Waals surface area contributed by atoms with E-state index in [-0.39, 0.29) is 0 Å². The third-order valence-electron chi connectivity index (χ3n) is 3.82. The highest BCUT2D eigenvalue weighted by molar-refractivity contribution is 7.11. The van der Waals surface area contributed by atoms with Gasteiger partial charge in [0.2, 0.25) is 0 Å². The van der Waals surface area contributed by atoms with Gasteiger partial charge in [-0.25, -0.2) is 0 Å². The molecule has 3 heteroatoms. The van der Waals surface area contributed by atoms with Crippen LogP contribution in [0.2, 0.25) is 0 Å². The molecule has 2 fully saturated rings. The van der Waals surface area contributed by atoms with Gasteiger partial charge in [-0.1, -0.05) is 0 Å². The zero-order valence-corrected chi connectivity index (χ0v) is 11.4. The van der Waals surface area contributed by atoms with Crippen LogP contribution in [0, 0.1) is 12.8 Å². The first-order valence-corrected chi connectivity index (χ1v) is 7.62. The van der Waals surface area contributed by atoms with Gasteiger partial charge in [0, 0.05) is 28.9 Å². The van der Waals surface area contributed by atoms with Crippen LogP contribution in [0.5, 0.6) is 0 Å². The molecular weight excluding hydrogens is 228 g/mol. The minimum absolute atomic E-state index is 0.865. The maximum absolute atomic E-state index is 3.66. The van der Waals surface area contributed by atoms with E-state index in [0.717, 1.165) is 12.0 Å². The van der Waals surface area contributed by atoms with Crippen LogP contribution in [0.25, 0.3) is 0 Å². The van der Waals surface area contributed by atoms with Gasteiger partial charge in [-0.05, 0) is 57.3 Å². The van der Waals surface area contributed by atoms with Crippen LogP contribution in [0.4, 0.5) is 0 Å². The Morgan fingerprint density at radius 1 is 1.35 bits per heavy atom. The zero-order valence-electron chi connectivity index (χ0n) is 10.6. The van der Waals surface area contributed by atoms with Crippen LogP contribution in [0.15, 0.2) is 12.1 Å². The predicted molar refractivity (Wildman–Crippen MR) is 73.5 cm³/mol. The maximum atomic E-state index is 3.66. The molecular formula is C14H22N2S. The Morgan fingerprint density at radius 2 is 2.24 bits per heavy atom. The molecule has 0 aromatic carbocycles. The lowest BCUT2D eigenvalue weighted by Gasteiger charge is -2.15. The van der Waals surface area contributed by atoms with Crippen LogP contribution in [-0.2, 0) is 6.54 Å². The van der Waals surface area contributed by atoms with E-state index in [2.05, 4.69) is 29.3 Å². The second-order valence-corrected chi connectivity index (χ2v) is 6.96. The summed E-state index contributed by atoms with van der Waals surface area (Å²) >= 11 is 1.95. The molecule has 0 radical (unpaired) electrons. The number of thiophene rings is 1. The van der Waals surface area contributed by atoms with Gasteiger partial charge >= 0.3 is 0 Å². The Morgan fingerprint density at radius 3 is 2.94 bits per heavy atom. The SMILES string of the molecule is Cc1ccc(CN2CCC(CNC3CC3)C2)s1. The standard InChI is InChI=1S/C14H22N2S/c1-11-2-5-14(17-11)10-16-7-6-12(9-16)8-15-13-3-4-13/h2,5,12-13,15H,3-4,6-10H2,1H3. The number of likely N-dealkylation sites (tertiary alicyclic amines) is 1. The van der Waals surface area contributed by atoms with Crippen LogP contribution in [0.1, 0.15) is 29.0 Å². The van der Waals surface area contributed by atoms with Crippen LogP contribution in [0.3, 0.4) is 0 Å². The minimum Gasteiger partial charge on any atom is -0.314 e. The minimum atomic E-state index is 0.865. The molecule has 1 saturated heterocycles. The van der Waals surface area contributed by atoms with E-state index in [4.69, 9.17) is 0 Å². The van der Waals surface area contributed by atoms with Crippen molar-refractivity contribution in [3.63, 3.8) is 0 Å². The van der Waals surface area contributed by atoms with E-state index < -0.39 is 0 Å². The summed E-state index contributed by atoms with van der Waals surface area (Å²) in [4.78, 5) is 5.58. The number of aryl methyl sites for hydroxylation is 1. The second kappa shape index (κ2) is 5.09. The van der Waals surface area contributed by atoms with Crippen LogP contribution in [-0.4, -0.2) is 30.6 Å². The van der Waals surface area contributed by atoms with Crippen molar-refractivity contribution in [1.82, 2.24) is 10.2 Å². The Balaban J connectivity index is 1.43. The molecule has 94 valence electrons. The molecule has 1 aromatic heterocycles. The quantitative estimate of drug-likeness (QED) is 0.864. The van der Waals surface area contributed by atoms with E-state index in [9.17, 15) is 0 Å². The van der Waals surface area contributed by atoms with Crippen molar-refractivity contribution in [2.45, 2.75) is 38.8 Å². The summed E-state index contributed by atoms with van der Waals surface area (Å²) in [6, 6.07) is 5.39.